The van der Waals surface area contributed by atoms with Gasteiger partial charge in [-0.1, -0.05) is 0 Å². The molecule has 0 saturated heterocycles. The molecule has 1 aromatic rings. The monoisotopic (exact) mass is 244 g/mol. The molecule has 92 valence electrons. The molecule has 16 heavy (non-hydrogen) atoms. The van der Waals surface area contributed by atoms with Gasteiger partial charge in [0.1, 0.15) is 0 Å². The molecule has 0 aromatic carbocycles. The van der Waals surface area contributed by atoms with E-state index in [1.54, 1.807) is 6.26 Å². The number of hydrogen-bond acceptors (Lipinski definition) is 3. The average molecular weight is 245 g/mol. The predicted molar refractivity (Wildman–Crippen MR) is 67.8 cm³/mol. The molecule has 0 bridgehead atoms. The van der Waals surface area contributed by atoms with Crippen molar-refractivity contribution < 1.29 is 4.42 Å². The van der Waals surface area contributed by atoms with Gasteiger partial charge in [-0.2, -0.15) is 0 Å². The Labute approximate surface area is 103 Å². The molecule has 3 nitrogen and oxygen atoms in total. The first-order valence-corrected chi connectivity index (χ1v) is 5.96. The Morgan fingerprint density at radius 1 is 1.44 bits per heavy atom. The van der Waals surface area contributed by atoms with E-state index in [9.17, 15) is 0 Å². The first-order valence-electron chi connectivity index (χ1n) is 5.59. The highest BCUT2D eigenvalue weighted by atomic mass is 35.5. The average Bonchev–Trinajstić information content (AvgIpc) is 2.57. The van der Waals surface area contributed by atoms with Gasteiger partial charge in [-0.15, -0.1) is 0 Å². The van der Waals surface area contributed by atoms with Crippen LogP contribution in [0.2, 0.25) is 5.22 Å². The minimum atomic E-state index is 0.156. The first kappa shape index (κ1) is 13.6. The van der Waals surface area contributed by atoms with E-state index in [-0.39, 0.29) is 5.54 Å². The number of nitrogens with one attached hydrogen (secondary N) is 2. The molecule has 0 fully saturated rings. The maximum Gasteiger partial charge on any atom is 0.197 e. The highest BCUT2D eigenvalue weighted by Gasteiger charge is 2.11. The van der Waals surface area contributed by atoms with Crippen LogP contribution in [0.3, 0.4) is 0 Å². The summed E-state index contributed by atoms with van der Waals surface area (Å²) in [6, 6.07) is 2.28. The van der Waals surface area contributed by atoms with Crippen molar-refractivity contribution >= 4 is 11.6 Å². The van der Waals surface area contributed by atoms with Crippen molar-refractivity contribution in [3.05, 3.63) is 23.1 Å². The fourth-order valence-corrected chi connectivity index (χ4v) is 1.44. The summed E-state index contributed by atoms with van der Waals surface area (Å²) in [5.74, 6) is 0. The van der Waals surface area contributed by atoms with Crippen LogP contribution in [0.25, 0.3) is 0 Å². The zero-order chi connectivity index (χ0) is 12.2. The Kier molecular flexibility index (Phi) is 4.84. The normalized spacial score (nSPS) is 14.1. The van der Waals surface area contributed by atoms with E-state index >= 15 is 0 Å². The van der Waals surface area contributed by atoms with Crippen LogP contribution in [0.5, 0.6) is 0 Å². The number of rotatable bonds is 5. The molecule has 0 spiro atoms. The molecule has 1 heterocycles. The van der Waals surface area contributed by atoms with Crippen LogP contribution in [0, 0.1) is 0 Å². The molecular formula is C12H21ClN2O. The van der Waals surface area contributed by atoms with Crippen molar-refractivity contribution in [2.24, 2.45) is 0 Å². The summed E-state index contributed by atoms with van der Waals surface area (Å²) in [4.78, 5) is 0. The van der Waals surface area contributed by atoms with Crippen molar-refractivity contribution in [1.29, 1.82) is 0 Å². The second-order valence-corrected chi connectivity index (χ2v) is 5.48. The van der Waals surface area contributed by atoms with Crippen LogP contribution in [0.15, 0.2) is 16.7 Å². The first-order chi connectivity index (χ1) is 7.38. The highest BCUT2D eigenvalue weighted by Crippen LogP contribution is 2.16. The number of furan rings is 1. The summed E-state index contributed by atoms with van der Waals surface area (Å²) >= 11 is 5.85. The van der Waals surface area contributed by atoms with Gasteiger partial charge in [-0.05, 0) is 45.4 Å². The lowest BCUT2D eigenvalue weighted by atomic mass is 10.1. The topological polar surface area (TPSA) is 37.2 Å². The molecule has 4 heteroatoms. The van der Waals surface area contributed by atoms with E-state index in [0.717, 1.165) is 18.7 Å². The van der Waals surface area contributed by atoms with Gasteiger partial charge in [-0.3, -0.25) is 0 Å². The van der Waals surface area contributed by atoms with Gasteiger partial charge in [0.15, 0.2) is 5.22 Å². The van der Waals surface area contributed by atoms with Crippen LogP contribution in [0.1, 0.15) is 33.3 Å². The zero-order valence-electron chi connectivity index (χ0n) is 10.4. The Morgan fingerprint density at radius 2 is 2.12 bits per heavy atom. The molecule has 1 rings (SSSR count). The second-order valence-electron chi connectivity index (χ2n) is 5.13. The smallest absolute Gasteiger partial charge is 0.197 e. The molecule has 1 atom stereocenters. The highest BCUT2D eigenvalue weighted by molar-refractivity contribution is 6.29. The van der Waals surface area contributed by atoms with E-state index in [2.05, 4.69) is 38.3 Å². The summed E-state index contributed by atoms with van der Waals surface area (Å²) < 4.78 is 5.02. The van der Waals surface area contributed by atoms with Crippen LogP contribution in [-0.4, -0.2) is 18.1 Å². The summed E-state index contributed by atoms with van der Waals surface area (Å²) in [6.45, 7) is 10.3. The Hall–Kier alpha value is -0.510. The lowest BCUT2D eigenvalue weighted by molar-refractivity contribution is 0.387. The fourth-order valence-electron chi connectivity index (χ4n) is 1.26. The van der Waals surface area contributed by atoms with E-state index in [0.29, 0.717) is 11.3 Å². The summed E-state index contributed by atoms with van der Waals surface area (Å²) in [5.41, 5.74) is 1.16. The quantitative estimate of drug-likeness (QED) is 0.837. The minimum Gasteiger partial charge on any atom is -0.453 e. The standard InChI is InChI=1S/C12H21ClN2O/c1-9(7-15-12(2,3)4)14-8-10-5-6-16-11(10)13/h5-6,9,14-15H,7-8H2,1-4H3. The molecule has 0 aliphatic rings. The minimum absolute atomic E-state index is 0.156. The fraction of sp³-hybridized carbons (Fsp3) is 0.667. The van der Waals surface area contributed by atoms with Crippen LogP contribution in [0.4, 0.5) is 0 Å². The Balaban J connectivity index is 2.25. The van der Waals surface area contributed by atoms with E-state index in [1.807, 2.05) is 6.07 Å². The summed E-state index contributed by atoms with van der Waals surface area (Å²) in [5, 5.41) is 7.31. The largest absolute Gasteiger partial charge is 0.453 e. The summed E-state index contributed by atoms with van der Waals surface area (Å²) in [7, 11) is 0. The van der Waals surface area contributed by atoms with Crippen molar-refractivity contribution in [1.82, 2.24) is 10.6 Å². The molecule has 0 aliphatic heterocycles. The Morgan fingerprint density at radius 3 is 2.62 bits per heavy atom. The lowest BCUT2D eigenvalue weighted by Gasteiger charge is -2.23. The summed E-state index contributed by atoms with van der Waals surface area (Å²) in [6.07, 6.45) is 1.61. The third-order valence-electron chi connectivity index (χ3n) is 2.27. The molecule has 0 amide bonds. The van der Waals surface area contributed by atoms with Crippen molar-refractivity contribution in [2.75, 3.05) is 6.54 Å². The van der Waals surface area contributed by atoms with Gasteiger partial charge in [-0.25, -0.2) is 0 Å². The maximum atomic E-state index is 5.85. The van der Waals surface area contributed by atoms with Gasteiger partial charge >= 0.3 is 0 Å². The molecule has 1 unspecified atom stereocenters. The molecule has 0 saturated carbocycles. The third kappa shape index (κ3) is 5.01. The van der Waals surface area contributed by atoms with Crippen molar-refractivity contribution in [3.63, 3.8) is 0 Å². The third-order valence-corrected chi connectivity index (χ3v) is 2.60. The van der Waals surface area contributed by atoms with Crippen molar-refractivity contribution in [2.45, 2.75) is 45.8 Å². The Bertz CT molecular complexity index is 317. The van der Waals surface area contributed by atoms with Gasteiger partial charge in [0.05, 0.1) is 6.26 Å². The van der Waals surface area contributed by atoms with Crippen LogP contribution >= 0.6 is 11.6 Å². The lowest BCUT2D eigenvalue weighted by Crippen LogP contribution is -2.44. The molecule has 0 radical (unpaired) electrons. The SMILES string of the molecule is CC(CNC(C)(C)C)NCc1ccoc1Cl. The number of halogens is 1. The second kappa shape index (κ2) is 5.71. The predicted octanol–water partition coefficient (Wildman–Crippen LogP) is 2.80. The molecular weight excluding hydrogens is 224 g/mol. The molecule has 1 aromatic heterocycles. The molecule has 2 N–H and O–H groups in total. The van der Waals surface area contributed by atoms with E-state index in [4.69, 9.17) is 16.0 Å². The van der Waals surface area contributed by atoms with Crippen LogP contribution < -0.4 is 10.6 Å². The van der Waals surface area contributed by atoms with E-state index < -0.39 is 0 Å². The van der Waals surface area contributed by atoms with Gasteiger partial charge in [0.2, 0.25) is 0 Å². The van der Waals surface area contributed by atoms with Gasteiger partial charge in [0.25, 0.3) is 0 Å². The number of hydrogen-bond donors (Lipinski definition) is 2. The van der Waals surface area contributed by atoms with Gasteiger partial charge in [0, 0.05) is 30.2 Å². The molecule has 0 aliphatic carbocycles. The zero-order valence-corrected chi connectivity index (χ0v) is 11.2. The van der Waals surface area contributed by atoms with Crippen molar-refractivity contribution in [3.8, 4) is 0 Å². The van der Waals surface area contributed by atoms with E-state index in [1.165, 1.54) is 0 Å². The maximum absolute atomic E-state index is 5.85. The van der Waals surface area contributed by atoms with Gasteiger partial charge < -0.3 is 15.1 Å². The van der Waals surface area contributed by atoms with Crippen LogP contribution in [-0.2, 0) is 6.54 Å².